The molecule has 138 valence electrons. The molecule has 1 atom stereocenters. The Morgan fingerprint density at radius 3 is 2.84 bits per heavy atom. The average molecular weight is 350 g/mol. The van der Waals surface area contributed by atoms with Crippen LogP contribution in [0.1, 0.15) is 12.0 Å². The number of carbonyl (C=O) groups is 1. The second kappa shape index (κ2) is 9.36. The van der Waals surface area contributed by atoms with Crippen molar-refractivity contribution in [3.63, 3.8) is 0 Å². The molecule has 0 aliphatic carbocycles. The third-order valence-corrected chi connectivity index (χ3v) is 4.11. The fourth-order valence-electron chi connectivity index (χ4n) is 2.56. The summed E-state index contributed by atoms with van der Waals surface area (Å²) in [5, 5.41) is 3.32. The maximum atomic E-state index is 13.4. The summed E-state index contributed by atoms with van der Waals surface area (Å²) in [6, 6.07) is 6.48. The number of halogens is 1. The number of guanidine groups is 1. The van der Waals surface area contributed by atoms with E-state index in [2.05, 4.69) is 10.3 Å². The summed E-state index contributed by atoms with van der Waals surface area (Å²) in [7, 11) is 5.29. The molecular formula is C18H27FN4O2. The number of nitrogens with one attached hydrogen (secondary N) is 1. The number of hydrogen-bond acceptors (Lipinski definition) is 3. The molecule has 6 nitrogen and oxygen atoms in total. The van der Waals surface area contributed by atoms with E-state index in [-0.39, 0.29) is 18.3 Å². The maximum Gasteiger partial charge on any atom is 0.243 e. The molecule has 0 spiro atoms. The Morgan fingerprint density at radius 2 is 2.20 bits per heavy atom. The molecule has 1 unspecified atom stereocenters. The zero-order valence-corrected chi connectivity index (χ0v) is 15.2. The molecule has 0 radical (unpaired) electrons. The van der Waals surface area contributed by atoms with Crippen molar-refractivity contribution in [3.05, 3.63) is 35.6 Å². The molecule has 1 aromatic rings. The molecule has 2 rings (SSSR count). The van der Waals surface area contributed by atoms with Crippen LogP contribution in [-0.4, -0.2) is 69.1 Å². The van der Waals surface area contributed by atoms with E-state index in [0.29, 0.717) is 18.4 Å². The first-order valence-corrected chi connectivity index (χ1v) is 8.47. The minimum Gasteiger partial charge on any atom is -0.381 e. The zero-order valence-electron chi connectivity index (χ0n) is 15.2. The monoisotopic (exact) mass is 350 g/mol. The summed E-state index contributed by atoms with van der Waals surface area (Å²) >= 11 is 0. The number of benzene rings is 1. The van der Waals surface area contributed by atoms with Crippen LogP contribution in [0.25, 0.3) is 0 Å². The molecule has 7 heteroatoms. The Labute approximate surface area is 148 Å². The first kappa shape index (κ1) is 19.2. The molecule has 1 saturated heterocycles. The van der Waals surface area contributed by atoms with Gasteiger partial charge in [-0.25, -0.2) is 9.38 Å². The van der Waals surface area contributed by atoms with Gasteiger partial charge in [0.25, 0.3) is 0 Å². The van der Waals surface area contributed by atoms with Crippen molar-refractivity contribution < 1.29 is 13.9 Å². The quantitative estimate of drug-likeness (QED) is 0.621. The largest absolute Gasteiger partial charge is 0.381 e. The summed E-state index contributed by atoms with van der Waals surface area (Å²) in [6.07, 6.45) is 1.02. The smallest absolute Gasteiger partial charge is 0.243 e. The standard InChI is InChI=1S/C18H27FN4O2/c1-22(2)17(24)11-21-18(20-10-15-7-8-25-13-15)23(3)12-14-5-4-6-16(19)9-14/h4-6,9,15H,7-8,10-13H2,1-3H3,(H,20,21). The predicted octanol–water partition coefficient (Wildman–Crippen LogP) is 1.33. The number of carbonyl (C=O) groups excluding carboxylic acids is 1. The Morgan fingerprint density at radius 1 is 1.40 bits per heavy atom. The fourth-order valence-corrected chi connectivity index (χ4v) is 2.56. The van der Waals surface area contributed by atoms with Crippen LogP contribution >= 0.6 is 0 Å². The fraction of sp³-hybridized carbons (Fsp3) is 0.556. The first-order chi connectivity index (χ1) is 12.0. The van der Waals surface area contributed by atoms with E-state index in [9.17, 15) is 9.18 Å². The van der Waals surface area contributed by atoms with Gasteiger partial charge in [-0.15, -0.1) is 0 Å². The summed E-state index contributed by atoms with van der Waals surface area (Å²) < 4.78 is 18.8. The minimum atomic E-state index is -0.261. The second-order valence-electron chi connectivity index (χ2n) is 6.52. The van der Waals surface area contributed by atoms with Gasteiger partial charge < -0.3 is 19.9 Å². The van der Waals surface area contributed by atoms with E-state index < -0.39 is 0 Å². The van der Waals surface area contributed by atoms with Gasteiger partial charge in [-0.05, 0) is 24.1 Å². The average Bonchev–Trinajstić information content (AvgIpc) is 3.07. The Kier molecular flexibility index (Phi) is 7.18. The molecule has 1 heterocycles. The van der Waals surface area contributed by atoms with Crippen molar-refractivity contribution in [1.82, 2.24) is 15.1 Å². The molecule has 1 N–H and O–H groups in total. The summed E-state index contributed by atoms with van der Waals surface area (Å²) in [6.45, 7) is 2.84. The molecule has 0 aromatic heterocycles. The zero-order chi connectivity index (χ0) is 18.2. The van der Waals surface area contributed by atoms with Gasteiger partial charge in [-0.1, -0.05) is 12.1 Å². The van der Waals surface area contributed by atoms with Gasteiger partial charge in [0.1, 0.15) is 12.4 Å². The highest BCUT2D eigenvalue weighted by molar-refractivity contribution is 5.84. The van der Waals surface area contributed by atoms with E-state index in [1.165, 1.54) is 17.0 Å². The van der Waals surface area contributed by atoms with Crippen LogP contribution in [0.15, 0.2) is 29.3 Å². The molecule has 0 bridgehead atoms. The summed E-state index contributed by atoms with van der Waals surface area (Å²) in [4.78, 5) is 19.7. The number of hydrogen-bond donors (Lipinski definition) is 1. The lowest BCUT2D eigenvalue weighted by atomic mass is 10.1. The summed E-state index contributed by atoms with van der Waals surface area (Å²) in [5.41, 5.74) is 0.847. The number of aliphatic imine (C=N–C) groups is 1. The van der Waals surface area contributed by atoms with Gasteiger partial charge in [0.05, 0.1) is 6.61 Å². The SMILES string of the molecule is CN(C)C(=O)CN=C(NCC1CCOC1)N(C)Cc1cccc(F)c1. The normalized spacial score (nSPS) is 17.4. The first-order valence-electron chi connectivity index (χ1n) is 8.47. The molecule has 25 heavy (non-hydrogen) atoms. The van der Waals surface area contributed by atoms with E-state index in [4.69, 9.17) is 4.74 Å². The van der Waals surface area contributed by atoms with Gasteiger partial charge in [-0.3, -0.25) is 4.79 Å². The van der Waals surface area contributed by atoms with Gasteiger partial charge in [-0.2, -0.15) is 0 Å². The number of rotatable bonds is 6. The van der Waals surface area contributed by atoms with Crippen LogP contribution in [0.5, 0.6) is 0 Å². The second-order valence-corrected chi connectivity index (χ2v) is 6.52. The number of nitrogens with zero attached hydrogens (tertiary/aromatic N) is 3. The molecule has 1 aliphatic heterocycles. The molecular weight excluding hydrogens is 323 g/mol. The van der Waals surface area contributed by atoms with Crippen LogP contribution in [0.2, 0.25) is 0 Å². The van der Waals surface area contributed by atoms with Crippen LogP contribution in [0.4, 0.5) is 4.39 Å². The minimum absolute atomic E-state index is 0.0670. The Balaban J connectivity index is 2.02. The molecule has 0 saturated carbocycles. The predicted molar refractivity (Wildman–Crippen MR) is 95.8 cm³/mol. The molecule has 1 fully saturated rings. The van der Waals surface area contributed by atoms with Gasteiger partial charge in [0, 0.05) is 46.8 Å². The van der Waals surface area contributed by atoms with Crippen LogP contribution < -0.4 is 5.32 Å². The van der Waals surface area contributed by atoms with Crippen LogP contribution in [0.3, 0.4) is 0 Å². The highest BCUT2D eigenvalue weighted by atomic mass is 19.1. The number of amides is 1. The lowest BCUT2D eigenvalue weighted by molar-refractivity contribution is -0.127. The van der Waals surface area contributed by atoms with Crippen molar-refractivity contribution in [2.45, 2.75) is 13.0 Å². The third-order valence-electron chi connectivity index (χ3n) is 4.11. The maximum absolute atomic E-state index is 13.4. The van der Waals surface area contributed by atoms with Gasteiger partial charge in [0.2, 0.25) is 5.91 Å². The molecule has 1 aliphatic rings. The van der Waals surface area contributed by atoms with Crippen molar-refractivity contribution in [1.29, 1.82) is 0 Å². The molecule has 1 amide bonds. The number of ether oxygens (including phenoxy) is 1. The highest BCUT2D eigenvalue weighted by Gasteiger charge is 2.17. The van der Waals surface area contributed by atoms with Gasteiger partial charge >= 0.3 is 0 Å². The Hall–Kier alpha value is -2.15. The van der Waals surface area contributed by atoms with E-state index >= 15 is 0 Å². The van der Waals surface area contributed by atoms with E-state index in [1.54, 1.807) is 20.2 Å². The molecule has 1 aromatic carbocycles. The lowest BCUT2D eigenvalue weighted by Crippen LogP contribution is -2.41. The highest BCUT2D eigenvalue weighted by Crippen LogP contribution is 2.11. The van der Waals surface area contributed by atoms with Crippen LogP contribution in [-0.2, 0) is 16.1 Å². The number of likely N-dealkylation sites (N-methyl/N-ethyl adjacent to an activating group) is 1. The van der Waals surface area contributed by atoms with Crippen LogP contribution in [0, 0.1) is 11.7 Å². The van der Waals surface area contributed by atoms with Crippen molar-refractivity contribution in [2.24, 2.45) is 10.9 Å². The topological polar surface area (TPSA) is 57.2 Å². The third kappa shape index (κ3) is 6.34. The van der Waals surface area contributed by atoms with Gasteiger partial charge in [0.15, 0.2) is 5.96 Å². The van der Waals surface area contributed by atoms with E-state index in [1.807, 2.05) is 18.0 Å². The lowest BCUT2D eigenvalue weighted by Gasteiger charge is -2.24. The van der Waals surface area contributed by atoms with Crippen molar-refractivity contribution in [3.8, 4) is 0 Å². The van der Waals surface area contributed by atoms with Crippen molar-refractivity contribution in [2.75, 3.05) is 47.4 Å². The van der Waals surface area contributed by atoms with E-state index in [0.717, 1.165) is 31.7 Å². The van der Waals surface area contributed by atoms with Crippen molar-refractivity contribution >= 4 is 11.9 Å². The summed E-state index contributed by atoms with van der Waals surface area (Å²) in [5.74, 6) is 0.745. The Bertz CT molecular complexity index is 600.